The largest absolute Gasteiger partial charge is 0.393 e. The van der Waals surface area contributed by atoms with Gasteiger partial charge in [-0.2, -0.15) is 0 Å². The van der Waals surface area contributed by atoms with Crippen LogP contribution in [0.5, 0.6) is 0 Å². The number of rotatable bonds is 4. The molecule has 0 saturated heterocycles. The normalized spacial score (nSPS) is 29.9. The van der Waals surface area contributed by atoms with Crippen LogP contribution < -0.4 is 5.32 Å². The summed E-state index contributed by atoms with van der Waals surface area (Å²) in [7, 11) is 0. The second-order valence-electron chi connectivity index (χ2n) is 3.79. The highest BCUT2D eigenvalue weighted by atomic mass is 16.3. The van der Waals surface area contributed by atoms with Crippen LogP contribution in [0.3, 0.4) is 0 Å². The Kier molecular flexibility index (Phi) is 4.27. The second-order valence-corrected chi connectivity index (χ2v) is 3.79. The van der Waals surface area contributed by atoms with Gasteiger partial charge < -0.3 is 10.4 Å². The van der Waals surface area contributed by atoms with E-state index in [0.717, 1.165) is 32.2 Å². The fraction of sp³-hybridized carbons (Fsp3) is 0.818. The summed E-state index contributed by atoms with van der Waals surface area (Å²) in [4.78, 5) is 0. The Hall–Kier alpha value is -0.520. The van der Waals surface area contributed by atoms with E-state index in [1.165, 1.54) is 0 Å². The molecule has 1 saturated carbocycles. The Balaban J connectivity index is 2.22. The maximum absolute atomic E-state index is 9.56. The van der Waals surface area contributed by atoms with E-state index in [9.17, 15) is 5.11 Å². The average Bonchev–Trinajstić information content (AvgIpc) is 2.54. The van der Waals surface area contributed by atoms with Gasteiger partial charge in [0.25, 0.3) is 0 Å². The summed E-state index contributed by atoms with van der Waals surface area (Å²) in [5, 5.41) is 12.9. The van der Waals surface area contributed by atoms with Crippen molar-refractivity contribution < 1.29 is 5.11 Å². The van der Waals surface area contributed by atoms with Gasteiger partial charge in [-0.25, -0.2) is 0 Å². The lowest BCUT2D eigenvalue weighted by molar-refractivity contribution is 0.131. The monoisotopic (exact) mass is 181 g/mol. The maximum atomic E-state index is 9.56. The molecule has 2 N–H and O–H groups in total. The fourth-order valence-corrected chi connectivity index (χ4v) is 1.87. The number of nitrogens with one attached hydrogen (secondary N) is 1. The number of hydrogen-bond acceptors (Lipinski definition) is 2. The number of aliphatic hydroxyl groups is 1. The van der Waals surface area contributed by atoms with Crippen molar-refractivity contribution in [1.82, 2.24) is 5.32 Å². The van der Waals surface area contributed by atoms with Crippen molar-refractivity contribution in [3.8, 4) is 12.3 Å². The fourth-order valence-electron chi connectivity index (χ4n) is 1.87. The first kappa shape index (κ1) is 10.6. The van der Waals surface area contributed by atoms with Crippen molar-refractivity contribution in [2.45, 2.75) is 44.8 Å². The first-order valence-corrected chi connectivity index (χ1v) is 5.15. The van der Waals surface area contributed by atoms with E-state index >= 15 is 0 Å². The van der Waals surface area contributed by atoms with E-state index in [4.69, 9.17) is 6.42 Å². The van der Waals surface area contributed by atoms with Gasteiger partial charge in [0.15, 0.2) is 0 Å². The van der Waals surface area contributed by atoms with E-state index in [1.807, 2.05) is 0 Å². The lowest BCUT2D eigenvalue weighted by Gasteiger charge is -2.17. The lowest BCUT2D eigenvalue weighted by Crippen LogP contribution is -2.34. The predicted molar refractivity (Wildman–Crippen MR) is 54.3 cm³/mol. The van der Waals surface area contributed by atoms with Gasteiger partial charge in [-0.15, -0.1) is 6.42 Å². The molecule has 0 bridgehead atoms. The Morgan fingerprint density at radius 3 is 2.85 bits per heavy atom. The van der Waals surface area contributed by atoms with E-state index in [1.54, 1.807) is 0 Å². The van der Waals surface area contributed by atoms with Gasteiger partial charge in [0.1, 0.15) is 0 Å². The zero-order valence-corrected chi connectivity index (χ0v) is 8.29. The van der Waals surface area contributed by atoms with Crippen LogP contribution in [-0.2, 0) is 0 Å². The predicted octanol–water partition coefficient (Wildman–Crippen LogP) is 1.15. The minimum absolute atomic E-state index is 0.109. The topological polar surface area (TPSA) is 32.3 Å². The molecule has 0 aromatic rings. The zero-order valence-electron chi connectivity index (χ0n) is 8.29. The summed E-state index contributed by atoms with van der Waals surface area (Å²) in [5.41, 5.74) is 0. The molecule has 1 fully saturated rings. The molecule has 0 aromatic carbocycles. The molecule has 13 heavy (non-hydrogen) atoms. The third kappa shape index (κ3) is 3.02. The van der Waals surface area contributed by atoms with Crippen LogP contribution in [0.1, 0.15) is 32.6 Å². The quantitative estimate of drug-likeness (QED) is 0.638. The average molecular weight is 181 g/mol. The summed E-state index contributed by atoms with van der Waals surface area (Å²) in [5.74, 6) is 3.12. The molecule has 0 radical (unpaired) electrons. The highest BCUT2D eigenvalue weighted by molar-refractivity contribution is 4.98. The molecule has 3 unspecified atom stereocenters. The van der Waals surface area contributed by atoms with Gasteiger partial charge in [-0.1, -0.05) is 19.3 Å². The van der Waals surface area contributed by atoms with Crippen LogP contribution in [0.4, 0.5) is 0 Å². The van der Waals surface area contributed by atoms with Crippen molar-refractivity contribution in [1.29, 1.82) is 0 Å². The van der Waals surface area contributed by atoms with Crippen molar-refractivity contribution in [3.63, 3.8) is 0 Å². The molecule has 3 atom stereocenters. The summed E-state index contributed by atoms with van der Waals surface area (Å²) < 4.78 is 0. The van der Waals surface area contributed by atoms with Gasteiger partial charge in [0.05, 0.1) is 12.1 Å². The standard InChI is InChI=1S/C11H19NO/c1-3-10(4-2)12-8-9-6-5-7-11(9)13/h1,9-13H,4-8H2,2H3. The minimum Gasteiger partial charge on any atom is -0.393 e. The van der Waals surface area contributed by atoms with E-state index in [2.05, 4.69) is 18.2 Å². The lowest BCUT2D eigenvalue weighted by atomic mass is 10.1. The van der Waals surface area contributed by atoms with Crippen LogP contribution in [0.25, 0.3) is 0 Å². The second kappa shape index (κ2) is 5.26. The molecule has 74 valence electrons. The van der Waals surface area contributed by atoms with Crippen LogP contribution in [0.15, 0.2) is 0 Å². The molecule has 0 aliphatic heterocycles. The van der Waals surface area contributed by atoms with E-state index in [-0.39, 0.29) is 12.1 Å². The van der Waals surface area contributed by atoms with Gasteiger partial charge >= 0.3 is 0 Å². The molecular formula is C11H19NO. The first-order chi connectivity index (χ1) is 6.27. The zero-order chi connectivity index (χ0) is 9.68. The maximum Gasteiger partial charge on any atom is 0.0684 e. The van der Waals surface area contributed by atoms with Crippen molar-refractivity contribution in [2.24, 2.45) is 5.92 Å². The molecule has 1 aliphatic rings. The molecule has 0 aromatic heterocycles. The van der Waals surface area contributed by atoms with E-state index < -0.39 is 0 Å². The van der Waals surface area contributed by atoms with Crippen molar-refractivity contribution in [2.75, 3.05) is 6.54 Å². The molecule has 0 spiro atoms. The highest BCUT2D eigenvalue weighted by Gasteiger charge is 2.24. The molecule has 2 nitrogen and oxygen atoms in total. The molecule has 0 heterocycles. The van der Waals surface area contributed by atoms with Gasteiger partial charge in [0.2, 0.25) is 0 Å². The summed E-state index contributed by atoms with van der Waals surface area (Å²) in [6.45, 7) is 2.94. The third-order valence-electron chi connectivity index (χ3n) is 2.85. The van der Waals surface area contributed by atoms with Gasteiger partial charge in [0, 0.05) is 6.54 Å². The Morgan fingerprint density at radius 1 is 1.62 bits per heavy atom. The van der Waals surface area contributed by atoms with Crippen LogP contribution in [0, 0.1) is 18.3 Å². The van der Waals surface area contributed by atoms with Gasteiger partial charge in [-0.05, 0) is 25.2 Å². The Labute approximate surface area is 80.7 Å². The summed E-state index contributed by atoms with van der Waals surface area (Å²) in [6, 6.07) is 0.174. The Bertz CT molecular complexity index is 185. The number of hydrogen-bond donors (Lipinski definition) is 2. The highest BCUT2D eigenvalue weighted by Crippen LogP contribution is 2.24. The molecule has 0 amide bonds. The molecule has 2 heteroatoms. The summed E-state index contributed by atoms with van der Waals surface area (Å²) in [6.07, 6.45) is 9.42. The minimum atomic E-state index is -0.109. The summed E-state index contributed by atoms with van der Waals surface area (Å²) >= 11 is 0. The molecule has 1 aliphatic carbocycles. The van der Waals surface area contributed by atoms with E-state index in [0.29, 0.717) is 5.92 Å². The van der Waals surface area contributed by atoms with Gasteiger partial charge in [-0.3, -0.25) is 0 Å². The first-order valence-electron chi connectivity index (χ1n) is 5.15. The van der Waals surface area contributed by atoms with Crippen LogP contribution >= 0.6 is 0 Å². The van der Waals surface area contributed by atoms with Crippen molar-refractivity contribution in [3.05, 3.63) is 0 Å². The number of terminal acetylenes is 1. The molecule has 1 rings (SSSR count). The van der Waals surface area contributed by atoms with Crippen LogP contribution in [-0.4, -0.2) is 23.8 Å². The molecular weight excluding hydrogens is 162 g/mol. The van der Waals surface area contributed by atoms with Crippen LogP contribution in [0.2, 0.25) is 0 Å². The smallest absolute Gasteiger partial charge is 0.0684 e. The SMILES string of the molecule is C#CC(CC)NCC1CCCC1O. The Morgan fingerprint density at radius 2 is 2.38 bits per heavy atom. The van der Waals surface area contributed by atoms with Crippen molar-refractivity contribution >= 4 is 0 Å². The number of aliphatic hydroxyl groups excluding tert-OH is 1. The third-order valence-corrected chi connectivity index (χ3v) is 2.85.